The Bertz CT molecular complexity index is 112. The molecular weight excluding hydrogens is 128 g/mol. The van der Waals surface area contributed by atoms with Gasteiger partial charge in [-0.25, -0.2) is 0 Å². The van der Waals surface area contributed by atoms with Crippen molar-refractivity contribution in [3.63, 3.8) is 0 Å². The second-order valence-electron chi connectivity index (χ2n) is 2.45. The Morgan fingerprint density at radius 1 is 1.60 bits per heavy atom. The molecule has 0 aliphatic carbocycles. The summed E-state index contributed by atoms with van der Waals surface area (Å²) in [4.78, 5) is 0. The van der Waals surface area contributed by atoms with Crippen LogP contribution in [-0.4, -0.2) is 25.4 Å². The van der Waals surface area contributed by atoms with Crippen LogP contribution in [0.4, 0.5) is 0 Å². The van der Waals surface area contributed by atoms with E-state index in [1.54, 1.807) is 6.08 Å². The molecule has 0 spiro atoms. The van der Waals surface area contributed by atoms with Crippen molar-refractivity contribution in [1.29, 1.82) is 0 Å². The second-order valence-corrected chi connectivity index (χ2v) is 2.45. The van der Waals surface area contributed by atoms with Crippen LogP contribution in [0.2, 0.25) is 0 Å². The first-order chi connectivity index (χ1) is 4.88. The lowest BCUT2D eigenvalue weighted by molar-refractivity contribution is 0.141. The fraction of sp³-hybridized carbons (Fsp3) is 0.750. The van der Waals surface area contributed by atoms with E-state index in [1.807, 2.05) is 0 Å². The summed E-state index contributed by atoms with van der Waals surface area (Å²) >= 11 is 0. The molecule has 0 bridgehead atoms. The van der Waals surface area contributed by atoms with Crippen LogP contribution >= 0.6 is 0 Å². The van der Waals surface area contributed by atoms with Crippen LogP contribution < -0.4 is 0 Å². The molecule has 1 aliphatic heterocycles. The molecule has 0 saturated carbocycles. The molecule has 1 rings (SSSR count). The topological polar surface area (TPSA) is 21.8 Å². The first-order valence-corrected chi connectivity index (χ1v) is 3.72. The Balaban J connectivity index is 1.91. The highest BCUT2D eigenvalue weighted by Crippen LogP contribution is 2.24. The van der Waals surface area contributed by atoms with Gasteiger partial charge in [0.1, 0.15) is 6.10 Å². The average Bonchev–Trinajstić information content (AvgIpc) is 2.68. The van der Waals surface area contributed by atoms with E-state index < -0.39 is 0 Å². The van der Waals surface area contributed by atoms with Crippen LogP contribution in [0.15, 0.2) is 12.7 Å². The average molecular weight is 142 g/mol. The first kappa shape index (κ1) is 7.76. The van der Waals surface area contributed by atoms with E-state index in [2.05, 4.69) is 13.5 Å². The number of hydrogen-bond donors (Lipinski definition) is 0. The minimum Gasteiger partial charge on any atom is -0.375 e. The summed E-state index contributed by atoms with van der Waals surface area (Å²) in [5.74, 6) is 0. The van der Waals surface area contributed by atoms with Crippen LogP contribution in [0.5, 0.6) is 0 Å². The monoisotopic (exact) mass is 142 g/mol. The van der Waals surface area contributed by atoms with E-state index >= 15 is 0 Å². The summed E-state index contributed by atoms with van der Waals surface area (Å²) in [6.45, 7) is 7.04. The third kappa shape index (κ3) is 2.12. The standard InChI is InChI=1S/C8H14O2/c1-3-5-9-6-8-7(4-2)10-8/h3,7-8H,1,4-6H2,2H3. The molecule has 1 aliphatic rings. The van der Waals surface area contributed by atoms with E-state index in [4.69, 9.17) is 9.47 Å². The Labute approximate surface area is 61.8 Å². The fourth-order valence-corrected chi connectivity index (χ4v) is 0.952. The Morgan fingerprint density at radius 3 is 2.90 bits per heavy atom. The van der Waals surface area contributed by atoms with Crippen molar-refractivity contribution >= 4 is 0 Å². The quantitative estimate of drug-likeness (QED) is 0.328. The molecule has 0 amide bonds. The van der Waals surface area contributed by atoms with E-state index in [0.717, 1.165) is 13.0 Å². The van der Waals surface area contributed by atoms with Crippen LogP contribution in [0.1, 0.15) is 13.3 Å². The van der Waals surface area contributed by atoms with Crippen molar-refractivity contribution < 1.29 is 9.47 Å². The molecule has 2 nitrogen and oxygen atoms in total. The van der Waals surface area contributed by atoms with Gasteiger partial charge in [-0.15, -0.1) is 6.58 Å². The van der Waals surface area contributed by atoms with Crippen molar-refractivity contribution in [2.75, 3.05) is 13.2 Å². The number of rotatable bonds is 5. The first-order valence-electron chi connectivity index (χ1n) is 3.72. The second kappa shape index (κ2) is 3.74. The summed E-state index contributed by atoms with van der Waals surface area (Å²) in [6, 6.07) is 0. The van der Waals surface area contributed by atoms with Crippen LogP contribution in [-0.2, 0) is 9.47 Å². The Morgan fingerprint density at radius 2 is 2.40 bits per heavy atom. The van der Waals surface area contributed by atoms with E-state index in [0.29, 0.717) is 18.8 Å². The highest BCUT2D eigenvalue weighted by atomic mass is 16.6. The largest absolute Gasteiger partial charge is 0.375 e. The zero-order valence-corrected chi connectivity index (χ0v) is 6.38. The molecular formula is C8H14O2. The highest BCUT2D eigenvalue weighted by molar-refractivity contribution is 4.83. The van der Waals surface area contributed by atoms with Gasteiger partial charge in [-0.05, 0) is 6.42 Å². The van der Waals surface area contributed by atoms with Crippen molar-refractivity contribution in [3.8, 4) is 0 Å². The normalized spacial score (nSPS) is 30.1. The predicted molar refractivity (Wildman–Crippen MR) is 40.0 cm³/mol. The number of ether oxygens (including phenoxy) is 2. The van der Waals surface area contributed by atoms with Gasteiger partial charge in [-0.2, -0.15) is 0 Å². The minimum absolute atomic E-state index is 0.366. The molecule has 1 heterocycles. The molecule has 58 valence electrons. The molecule has 1 saturated heterocycles. The zero-order chi connectivity index (χ0) is 7.40. The summed E-state index contributed by atoms with van der Waals surface area (Å²) in [7, 11) is 0. The number of epoxide rings is 1. The molecule has 2 unspecified atom stereocenters. The highest BCUT2D eigenvalue weighted by Gasteiger charge is 2.36. The van der Waals surface area contributed by atoms with Gasteiger partial charge in [0.15, 0.2) is 0 Å². The maximum Gasteiger partial charge on any atom is 0.107 e. The summed E-state index contributed by atoms with van der Waals surface area (Å²) in [5.41, 5.74) is 0. The maximum absolute atomic E-state index is 5.25. The van der Waals surface area contributed by atoms with Gasteiger partial charge in [0, 0.05) is 0 Å². The van der Waals surface area contributed by atoms with Gasteiger partial charge in [0.25, 0.3) is 0 Å². The summed E-state index contributed by atoms with van der Waals surface area (Å²) in [6.07, 6.45) is 3.68. The lowest BCUT2D eigenvalue weighted by Crippen LogP contribution is -2.03. The lowest BCUT2D eigenvalue weighted by atomic mass is 10.3. The maximum atomic E-state index is 5.25. The van der Waals surface area contributed by atoms with Crippen LogP contribution in [0.25, 0.3) is 0 Å². The third-order valence-electron chi connectivity index (χ3n) is 1.61. The molecule has 2 heteroatoms. The lowest BCUT2D eigenvalue weighted by Gasteiger charge is -1.94. The van der Waals surface area contributed by atoms with Gasteiger partial charge < -0.3 is 9.47 Å². The van der Waals surface area contributed by atoms with Crippen molar-refractivity contribution in [2.24, 2.45) is 0 Å². The van der Waals surface area contributed by atoms with Gasteiger partial charge in [-0.1, -0.05) is 13.0 Å². The Hall–Kier alpha value is -0.340. The van der Waals surface area contributed by atoms with E-state index in [-0.39, 0.29) is 0 Å². The van der Waals surface area contributed by atoms with Gasteiger partial charge in [-0.3, -0.25) is 0 Å². The molecule has 0 aromatic heterocycles. The predicted octanol–water partition coefficient (Wildman–Crippen LogP) is 1.37. The molecule has 1 fully saturated rings. The molecule has 0 aromatic carbocycles. The van der Waals surface area contributed by atoms with Crippen molar-refractivity contribution in [1.82, 2.24) is 0 Å². The van der Waals surface area contributed by atoms with Gasteiger partial charge >= 0.3 is 0 Å². The van der Waals surface area contributed by atoms with E-state index in [1.165, 1.54) is 0 Å². The van der Waals surface area contributed by atoms with Gasteiger partial charge in [0.2, 0.25) is 0 Å². The van der Waals surface area contributed by atoms with E-state index in [9.17, 15) is 0 Å². The molecule has 0 aromatic rings. The molecule has 0 N–H and O–H groups in total. The molecule has 10 heavy (non-hydrogen) atoms. The minimum atomic E-state index is 0.366. The number of hydrogen-bond acceptors (Lipinski definition) is 2. The fourth-order valence-electron chi connectivity index (χ4n) is 0.952. The smallest absolute Gasteiger partial charge is 0.107 e. The SMILES string of the molecule is C=CCOCC1OC1CC. The van der Waals surface area contributed by atoms with Gasteiger partial charge in [0.05, 0.1) is 19.3 Å². The Kier molecular flexibility index (Phi) is 2.90. The van der Waals surface area contributed by atoms with Crippen LogP contribution in [0, 0.1) is 0 Å². The van der Waals surface area contributed by atoms with Crippen molar-refractivity contribution in [2.45, 2.75) is 25.6 Å². The summed E-state index contributed by atoms with van der Waals surface area (Å²) < 4.78 is 10.4. The van der Waals surface area contributed by atoms with Crippen LogP contribution in [0.3, 0.4) is 0 Å². The zero-order valence-electron chi connectivity index (χ0n) is 6.38. The third-order valence-corrected chi connectivity index (χ3v) is 1.61. The molecule has 2 atom stereocenters. The summed E-state index contributed by atoms with van der Waals surface area (Å²) in [5, 5.41) is 0. The van der Waals surface area contributed by atoms with Crippen molar-refractivity contribution in [3.05, 3.63) is 12.7 Å². The molecule has 0 radical (unpaired) electrons.